The third-order valence-electron chi connectivity index (χ3n) is 5.75. The lowest BCUT2D eigenvalue weighted by Gasteiger charge is -2.34. The molecule has 0 bridgehead atoms. The topological polar surface area (TPSA) is 57.7 Å². The lowest BCUT2D eigenvalue weighted by molar-refractivity contribution is -0.123. The molecule has 2 aromatic rings. The average Bonchev–Trinajstić information content (AvgIpc) is 3.02. The van der Waals surface area contributed by atoms with Gasteiger partial charge in [-0.15, -0.1) is 0 Å². The van der Waals surface area contributed by atoms with Crippen molar-refractivity contribution in [2.75, 3.05) is 18.0 Å². The Morgan fingerprint density at radius 2 is 1.76 bits per heavy atom. The van der Waals surface area contributed by atoms with E-state index in [1.807, 2.05) is 24.0 Å². The summed E-state index contributed by atoms with van der Waals surface area (Å²) in [4.78, 5) is 15.2. The van der Waals surface area contributed by atoms with Crippen molar-refractivity contribution in [1.29, 1.82) is 0 Å². The molecule has 1 amide bonds. The summed E-state index contributed by atoms with van der Waals surface area (Å²) in [6, 6.07) is 10.9. The van der Waals surface area contributed by atoms with E-state index < -0.39 is 15.8 Å². The lowest BCUT2D eigenvalue weighted by Crippen LogP contribution is -2.46. The molecule has 0 N–H and O–H groups in total. The number of carbonyl (C=O) groups excluding carboxylic acids is 1. The number of piperidine rings is 1. The van der Waals surface area contributed by atoms with Crippen LogP contribution < -0.4 is 4.90 Å². The number of nitrogens with zero attached hydrogens (tertiary/aromatic N) is 2. The largest absolute Gasteiger partial charge is 0.309 e. The minimum Gasteiger partial charge on any atom is -0.309 e. The first-order valence-corrected chi connectivity index (χ1v) is 11.9. The first-order valence-electron chi connectivity index (χ1n) is 9.64. The van der Waals surface area contributed by atoms with Crippen LogP contribution in [-0.2, 0) is 21.2 Å². The Hall–Kier alpha value is -1.77. The Labute approximate surface area is 178 Å². The second-order valence-electron chi connectivity index (χ2n) is 7.67. The summed E-state index contributed by atoms with van der Waals surface area (Å²) in [5.41, 5.74) is 2.10. The van der Waals surface area contributed by atoms with E-state index in [0.29, 0.717) is 12.8 Å². The van der Waals surface area contributed by atoms with Crippen LogP contribution in [-0.4, -0.2) is 37.8 Å². The van der Waals surface area contributed by atoms with E-state index in [-0.39, 0.29) is 35.9 Å². The highest BCUT2D eigenvalue weighted by atomic mass is 79.9. The standard InChI is InChI=1S/C21H22BrFN2O3S/c1-14-12-16-13-17(22)2-7-20(16)25(14)21(26)15-8-10-24(11-9-15)29(27,28)19-5-3-18(23)4-6-19/h2-7,13-15H,8-12H2,1H3/t14-/m0/s1. The predicted molar refractivity (Wildman–Crippen MR) is 113 cm³/mol. The van der Waals surface area contributed by atoms with Crippen molar-refractivity contribution in [3.8, 4) is 0 Å². The van der Waals surface area contributed by atoms with Crippen LogP contribution in [0.15, 0.2) is 51.8 Å². The second kappa shape index (κ2) is 7.81. The van der Waals surface area contributed by atoms with Gasteiger partial charge in [-0.2, -0.15) is 4.31 Å². The summed E-state index contributed by atoms with van der Waals surface area (Å²) in [6.07, 6.45) is 1.78. The zero-order chi connectivity index (χ0) is 20.8. The van der Waals surface area contributed by atoms with Crippen molar-refractivity contribution in [2.45, 2.75) is 37.1 Å². The summed E-state index contributed by atoms with van der Waals surface area (Å²) in [6.45, 7) is 2.61. The molecule has 0 radical (unpaired) electrons. The van der Waals surface area contributed by atoms with Crippen LogP contribution in [0.3, 0.4) is 0 Å². The zero-order valence-electron chi connectivity index (χ0n) is 16.0. The number of carbonyl (C=O) groups is 1. The third kappa shape index (κ3) is 3.85. The number of hydrogen-bond donors (Lipinski definition) is 0. The quantitative estimate of drug-likeness (QED) is 0.667. The Kier molecular flexibility index (Phi) is 5.52. The highest BCUT2D eigenvalue weighted by Gasteiger charge is 2.38. The molecule has 29 heavy (non-hydrogen) atoms. The van der Waals surface area contributed by atoms with E-state index in [1.54, 1.807) is 0 Å². The number of amides is 1. The van der Waals surface area contributed by atoms with Gasteiger partial charge in [0.25, 0.3) is 0 Å². The zero-order valence-corrected chi connectivity index (χ0v) is 18.4. The summed E-state index contributed by atoms with van der Waals surface area (Å²) >= 11 is 3.48. The SMILES string of the molecule is C[C@H]1Cc2cc(Br)ccc2N1C(=O)C1CCN(S(=O)(=O)c2ccc(F)cc2)CC1. The maximum absolute atomic E-state index is 13.2. The molecule has 2 aromatic carbocycles. The van der Waals surface area contributed by atoms with Crippen LogP contribution in [0.1, 0.15) is 25.3 Å². The highest BCUT2D eigenvalue weighted by molar-refractivity contribution is 9.10. The molecule has 4 rings (SSSR count). The van der Waals surface area contributed by atoms with Crippen LogP contribution in [0.25, 0.3) is 0 Å². The second-order valence-corrected chi connectivity index (χ2v) is 10.5. The fraction of sp³-hybridized carbons (Fsp3) is 0.381. The summed E-state index contributed by atoms with van der Waals surface area (Å²) in [5, 5.41) is 0. The van der Waals surface area contributed by atoms with E-state index in [0.717, 1.165) is 34.3 Å². The van der Waals surface area contributed by atoms with Crippen LogP contribution in [0, 0.1) is 11.7 Å². The number of benzene rings is 2. The van der Waals surface area contributed by atoms with Gasteiger partial charge in [0.05, 0.1) is 4.90 Å². The van der Waals surface area contributed by atoms with Crippen molar-refractivity contribution < 1.29 is 17.6 Å². The van der Waals surface area contributed by atoms with E-state index >= 15 is 0 Å². The van der Waals surface area contributed by atoms with Crippen LogP contribution in [0.5, 0.6) is 0 Å². The highest BCUT2D eigenvalue weighted by Crippen LogP contribution is 2.36. The monoisotopic (exact) mass is 480 g/mol. The fourth-order valence-electron chi connectivity index (χ4n) is 4.23. The number of sulfonamides is 1. The Bertz CT molecular complexity index is 1030. The summed E-state index contributed by atoms with van der Waals surface area (Å²) in [7, 11) is -3.67. The minimum absolute atomic E-state index is 0.0670. The molecule has 0 unspecified atom stereocenters. The van der Waals surface area contributed by atoms with Gasteiger partial charge in [0.15, 0.2) is 0 Å². The number of rotatable bonds is 3. The molecular formula is C21H22BrFN2O3S. The van der Waals surface area contributed by atoms with Crippen LogP contribution in [0.4, 0.5) is 10.1 Å². The van der Waals surface area contributed by atoms with Gasteiger partial charge in [-0.3, -0.25) is 4.79 Å². The van der Waals surface area contributed by atoms with Crippen molar-refractivity contribution in [2.24, 2.45) is 5.92 Å². The molecule has 5 nitrogen and oxygen atoms in total. The Morgan fingerprint density at radius 3 is 2.41 bits per heavy atom. The molecule has 0 saturated carbocycles. The van der Waals surface area contributed by atoms with Crippen LogP contribution in [0.2, 0.25) is 0 Å². The van der Waals surface area contributed by atoms with Gasteiger partial charge in [0, 0.05) is 35.2 Å². The number of fused-ring (bicyclic) bond motifs is 1. The minimum atomic E-state index is -3.67. The molecule has 2 aliphatic rings. The number of halogens is 2. The van der Waals surface area contributed by atoms with Crippen molar-refractivity contribution in [1.82, 2.24) is 4.31 Å². The number of anilines is 1. The van der Waals surface area contributed by atoms with Crippen molar-refractivity contribution >= 4 is 37.5 Å². The molecule has 1 atom stereocenters. The molecule has 8 heteroatoms. The van der Waals surface area contributed by atoms with Crippen LogP contribution >= 0.6 is 15.9 Å². The molecule has 154 valence electrons. The van der Waals surface area contributed by atoms with Gasteiger partial charge in [0.2, 0.25) is 15.9 Å². The molecule has 2 heterocycles. The Balaban J connectivity index is 1.46. The summed E-state index contributed by atoms with van der Waals surface area (Å²) < 4.78 is 41.1. The summed E-state index contributed by atoms with van der Waals surface area (Å²) in [5.74, 6) is -0.607. The normalized spacial score (nSPS) is 20.7. The molecule has 0 aromatic heterocycles. The van der Waals surface area contributed by atoms with Gasteiger partial charge < -0.3 is 4.90 Å². The van der Waals surface area contributed by atoms with E-state index in [9.17, 15) is 17.6 Å². The molecule has 1 fully saturated rings. The van der Waals surface area contributed by atoms with Gasteiger partial charge in [-0.25, -0.2) is 12.8 Å². The number of hydrogen-bond acceptors (Lipinski definition) is 3. The average molecular weight is 481 g/mol. The van der Waals surface area contributed by atoms with E-state index in [4.69, 9.17) is 0 Å². The van der Waals surface area contributed by atoms with Gasteiger partial charge in [-0.05, 0) is 74.2 Å². The predicted octanol–water partition coefficient (Wildman–Crippen LogP) is 3.97. The first kappa shape index (κ1) is 20.5. The van der Waals surface area contributed by atoms with Crippen molar-refractivity contribution in [3.63, 3.8) is 0 Å². The van der Waals surface area contributed by atoms with Gasteiger partial charge in [0.1, 0.15) is 5.82 Å². The smallest absolute Gasteiger partial charge is 0.243 e. The van der Waals surface area contributed by atoms with E-state index in [2.05, 4.69) is 22.0 Å². The maximum Gasteiger partial charge on any atom is 0.243 e. The van der Waals surface area contributed by atoms with Crippen molar-refractivity contribution in [3.05, 3.63) is 58.3 Å². The molecule has 1 saturated heterocycles. The Morgan fingerprint density at radius 1 is 1.10 bits per heavy atom. The van der Waals surface area contributed by atoms with E-state index in [1.165, 1.54) is 16.4 Å². The molecule has 0 aliphatic carbocycles. The van der Waals surface area contributed by atoms with Gasteiger partial charge in [-0.1, -0.05) is 15.9 Å². The third-order valence-corrected chi connectivity index (χ3v) is 8.16. The molecule has 0 spiro atoms. The molecular weight excluding hydrogens is 459 g/mol. The van der Waals surface area contributed by atoms with Gasteiger partial charge >= 0.3 is 0 Å². The molecule has 2 aliphatic heterocycles. The lowest BCUT2D eigenvalue weighted by atomic mass is 9.96. The fourth-order valence-corrected chi connectivity index (χ4v) is 6.11. The maximum atomic E-state index is 13.2. The first-order chi connectivity index (χ1) is 13.8.